The van der Waals surface area contributed by atoms with Crippen molar-refractivity contribution in [1.29, 1.82) is 0 Å². The number of anilines is 2. The Labute approximate surface area is 322 Å². The average Bonchev–Trinajstić information content (AvgIpc) is 3.11. The van der Waals surface area contributed by atoms with Gasteiger partial charge in [-0.1, -0.05) is 32.9 Å². The molecule has 14 nitrogen and oxygen atoms in total. The van der Waals surface area contributed by atoms with Crippen LogP contribution in [0.5, 0.6) is 0 Å². The molecular formula is C39H44F2N6O8S. The zero-order chi connectivity index (χ0) is 41.3. The third-order valence-electron chi connectivity index (χ3n) is 9.08. The van der Waals surface area contributed by atoms with E-state index < -0.39 is 73.6 Å². The Morgan fingerprint density at radius 2 is 1.57 bits per heavy atom. The number of benzene rings is 3. The molecule has 1 atom stereocenters. The fraction of sp³-hybridized carbons (Fsp3) is 0.359. The third kappa shape index (κ3) is 9.22. The Bertz CT molecular complexity index is 2400. The number of amides is 2. The van der Waals surface area contributed by atoms with E-state index in [0.29, 0.717) is 59.8 Å². The molecule has 17 heteroatoms. The minimum atomic E-state index is -4.44. The van der Waals surface area contributed by atoms with Crippen LogP contribution in [0.15, 0.2) is 75.1 Å². The summed E-state index contributed by atoms with van der Waals surface area (Å²) in [7, 11) is -0.925. The highest BCUT2D eigenvalue weighted by atomic mass is 32.2. The number of likely N-dealkylation sites (N-methyl/N-ethyl adjacent to an activating group) is 1. The fourth-order valence-corrected chi connectivity index (χ4v) is 6.99. The maximum absolute atomic E-state index is 15.4. The first-order valence-electron chi connectivity index (χ1n) is 17.7. The van der Waals surface area contributed by atoms with Crippen molar-refractivity contribution in [2.45, 2.75) is 71.0 Å². The molecule has 2 amide bonds. The minimum Gasteiger partial charge on any atom is -0.461 e. The van der Waals surface area contributed by atoms with Gasteiger partial charge in [0.15, 0.2) is 0 Å². The smallest absolute Gasteiger partial charge is 0.335 e. The van der Waals surface area contributed by atoms with E-state index in [0.717, 1.165) is 4.57 Å². The van der Waals surface area contributed by atoms with Crippen LogP contribution in [-0.2, 0) is 50.8 Å². The third-order valence-corrected chi connectivity index (χ3v) is 10.5. The van der Waals surface area contributed by atoms with Crippen LogP contribution >= 0.6 is 0 Å². The Morgan fingerprint density at radius 3 is 2.18 bits per heavy atom. The number of halogens is 2. The summed E-state index contributed by atoms with van der Waals surface area (Å²) in [4.78, 5) is 67.0. The number of esters is 1. The topological polar surface area (TPSA) is 178 Å². The number of hydrogen-bond donors (Lipinski definition) is 3. The number of aromatic nitrogens is 2. The highest BCUT2D eigenvalue weighted by Gasteiger charge is 2.28. The highest BCUT2D eigenvalue weighted by Crippen LogP contribution is 2.25. The van der Waals surface area contributed by atoms with Crippen LogP contribution in [0.2, 0.25) is 0 Å². The molecule has 3 N–H and O–H groups in total. The number of nitrogens with one attached hydrogen (secondary N) is 3. The molecular weight excluding hydrogens is 751 g/mol. The number of carbonyl (C=O) groups excluding carboxylic acids is 3. The predicted molar refractivity (Wildman–Crippen MR) is 205 cm³/mol. The van der Waals surface area contributed by atoms with Crippen molar-refractivity contribution in [2.75, 3.05) is 23.6 Å². The van der Waals surface area contributed by atoms with Gasteiger partial charge < -0.3 is 20.3 Å². The van der Waals surface area contributed by atoms with E-state index in [4.69, 9.17) is 4.74 Å². The van der Waals surface area contributed by atoms with Gasteiger partial charge in [-0.05, 0) is 75.3 Å². The summed E-state index contributed by atoms with van der Waals surface area (Å²) < 4.78 is 66.5. The van der Waals surface area contributed by atoms with E-state index in [1.54, 1.807) is 53.8 Å². The number of fused-ring (bicyclic) bond motifs is 1. The van der Waals surface area contributed by atoms with E-state index in [9.17, 15) is 32.4 Å². The first kappa shape index (κ1) is 41.5. The van der Waals surface area contributed by atoms with Crippen LogP contribution in [0, 0.1) is 17.0 Å². The van der Waals surface area contributed by atoms with Gasteiger partial charge in [0.2, 0.25) is 5.91 Å². The molecule has 0 saturated carbocycles. The van der Waals surface area contributed by atoms with Crippen molar-refractivity contribution in [3.63, 3.8) is 0 Å². The van der Waals surface area contributed by atoms with E-state index in [1.165, 1.54) is 41.0 Å². The molecule has 1 aliphatic heterocycles. The second kappa shape index (κ2) is 16.2. The van der Waals surface area contributed by atoms with Gasteiger partial charge in [0.05, 0.1) is 27.9 Å². The molecule has 5 rings (SSSR count). The SMILES string of the molecule is CC(C)OC(=O)[C@H](Cc1ccc(-n2c(=O)c3c(n(C)c2=O)CN(C)CC3)cc1)NC(=O)c1cc(F)c(NS(=O)(=O)c2ccc(NC(=O)C(C)(C)C)cc2)cc1F. The van der Waals surface area contributed by atoms with E-state index >= 15 is 8.78 Å². The summed E-state index contributed by atoms with van der Waals surface area (Å²) in [5, 5.41) is 5.04. The second-order valence-electron chi connectivity index (χ2n) is 14.9. The standard InChI is InChI=1S/C39H44F2N6O8S/c1-22(2)55-36(50)32(18-23-8-12-25(13-9-23)47-35(49)27-16-17-45(6)21-33(27)46(7)38(47)52)43-34(48)28-19-30(41)31(20-29(28)40)44-56(53,54)26-14-10-24(11-15-26)42-37(51)39(3,4)5/h8-15,19-20,22,32,44H,16-18,21H2,1-7H3,(H,42,51)(H,43,48)/t32-/m0/s1. The normalized spacial score (nSPS) is 13.8. The van der Waals surface area contributed by atoms with E-state index in [-0.39, 0.29) is 17.2 Å². The Morgan fingerprint density at radius 1 is 0.929 bits per heavy atom. The molecule has 1 aromatic heterocycles. The number of rotatable bonds is 11. The van der Waals surface area contributed by atoms with Gasteiger partial charge in [-0.3, -0.25) is 23.7 Å². The number of carbonyl (C=O) groups is 3. The van der Waals surface area contributed by atoms with Crippen molar-refractivity contribution in [1.82, 2.24) is 19.4 Å². The van der Waals surface area contributed by atoms with Gasteiger partial charge in [-0.15, -0.1) is 0 Å². The summed E-state index contributed by atoms with van der Waals surface area (Å²) >= 11 is 0. The van der Waals surface area contributed by atoms with Crippen LogP contribution in [0.3, 0.4) is 0 Å². The molecule has 4 aromatic rings. The van der Waals surface area contributed by atoms with Gasteiger partial charge in [-0.25, -0.2) is 31.4 Å². The first-order valence-corrected chi connectivity index (χ1v) is 19.2. The molecule has 0 aliphatic carbocycles. The average molecular weight is 795 g/mol. The molecule has 0 spiro atoms. The minimum absolute atomic E-state index is 0.165. The van der Waals surface area contributed by atoms with Crippen LogP contribution in [0.4, 0.5) is 20.2 Å². The molecule has 3 aromatic carbocycles. The Kier molecular flexibility index (Phi) is 12.0. The van der Waals surface area contributed by atoms with Crippen molar-refractivity contribution < 1.29 is 36.3 Å². The van der Waals surface area contributed by atoms with Gasteiger partial charge >= 0.3 is 11.7 Å². The highest BCUT2D eigenvalue weighted by molar-refractivity contribution is 7.92. The molecule has 56 heavy (non-hydrogen) atoms. The van der Waals surface area contributed by atoms with Gasteiger partial charge in [0.1, 0.15) is 17.7 Å². The lowest BCUT2D eigenvalue weighted by Crippen LogP contribution is -2.45. The predicted octanol–water partition coefficient (Wildman–Crippen LogP) is 3.88. The van der Waals surface area contributed by atoms with Gasteiger partial charge in [0.25, 0.3) is 21.5 Å². The molecule has 0 fully saturated rings. The molecule has 0 bridgehead atoms. The van der Waals surface area contributed by atoms with E-state index in [2.05, 4.69) is 10.6 Å². The van der Waals surface area contributed by atoms with Gasteiger partial charge in [-0.2, -0.15) is 0 Å². The lowest BCUT2D eigenvalue weighted by atomic mass is 9.95. The maximum atomic E-state index is 15.4. The monoisotopic (exact) mass is 794 g/mol. The van der Waals surface area contributed by atoms with Crippen LogP contribution < -0.4 is 26.6 Å². The van der Waals surface area contributed by atoms with Crippen molar-refractivity contribution in [3.05, 3.63) is 116 Å². The van der Waals surface area contributed by atoms with Crippen LogP contribution in [-0.4, -0.2) is 66.0 Å². The number of hydrogen-bond acceptors (Lipinski definition) is 9. The number of ether oxygens (including phenoxy) is 1. The van der Waals surface area contributed by atoms with Gasteiger partial charge in [0, 0.05) is 55.0 Å². The van der Waals surface area contributed by atoms with Crippen LogP contribution in [0.25, 0.3) is 5.69 Å². The number of sulfonamides is 1. The fourth-order valence-electron chi connectivity index (χ4n) is 5.93. The zero-order valence-electron chi connectivity index (χ0n) is 32.0. The zero-order valence-corrected chi connectivity index (χ0v) is 32.8. The Balaban J connectivity index is 1.33. The van der Waals surface area contributed by atoms with E-state index in [1.807, 2.05) is 16.7 Å². The largest absolute Gasteiger partial charge is 0.461 e. The second-order valence-corrected chi connectivity index (χ2v) is 16.6. The quantitative estimate of drug-likeness (QED) is 0.190. The summed E-state index contributed by atoms with van der Waals surface area (Å²) in [6.45, 7) is 9.44. The molecule has 2 heterocycles. The molecule has 1 aliphatic rings. The summed E-state index contributed by atoms with van der Waals surface area (Å²) in [6.07, 6.45) is -0.271. The lowest BCUT2D eigenvalue weighted by Gasteiger charge is -2.26. The molecule has 298 valence electrons. The molecule has 0 radical (unpaired) electrons. The molecule has 0 saturated heterocycles. The summed E-state index contributed by atoms with van der Waals surface area (Å²) in [6, 6.07) is 10.8. The van der Waals surface area contributed by atoms with Crippen molar-refractivity contribution >= 4 is 39.2 Å². The maximum Gasteiger partial charge on any atom is 0.335 e. The lowest BCUT2D eigenvalue weighted by molar-refractivity contribution is -0.149. The number of nitrogens with zero attached hydrogens (tertiary/aromatic N) is 3. The molecule has 0 unspecified atom stereocenters. The Hall–Kier alpha value is -5.68. The summed E-state index contributed by atoms with van der Waals surface area (Å²) in [5.41, 5.74) is -0.921. The van der Waals surface area contributed by atoms with Crippen molar-refractivity contribution in [3.8, 4) is 5.69 Å². The summed E-state index contributed by atoms with van der Waals surface area (Å²) in [5.74, 6) is -4.90. The van der Waals surface area contributed by atoms with Crippen molar-refractivity contribution in [2.24, 2.45) is 12.5 Å². The first-order chi connectivity index (χ1) is 26.2. The van der Waals surface area contributed by atoms with Crippen LogP contribution in [0.1, 0.15) is 61.8 Å².